The summed E-state index contributed by atoms with van der Waals surface area (Å²) in [7, 11) is 0. The van der Waals surface area contributed by atoms with E-state index in [1.807, 2.05) is 0 Å². The number of ether oxygens (including phenoxy) is 2. The van der Waals surface area contributed by atoms with Crippen molar-refractivity contribution in [3.8, 4) is 5.75 Å². The van der Waals surface area contributed by atoms with Crippen LogP contribution in [0.2, 0.25) is 0 Å². The van der Waals surface area contributed by atoms with Crippen molar-refractivity contribution in [2.45, 2.75) is 30.6 Å². The minimum absolute atomic E-state index is 0.0364. The van der Waals surface area contributed by atoms with Crippen molar-refractivity contribution in [3.05, 3.63) is 34.4 Å². The van der Waals surface area contributed by atoms with E-state index in [0.29, 0.717) is 24.1 Å². The third-order valence-electron chi connectivity index (χ3n) is 3.53. The van der Waals surface area contributed by atoms with E-state index in [1.54, 1.807) is 22.9 Å². The predicted octanol–water partition coefficient (Wildman–Crippen LogP) is 1.93. The Hall–Kier alpha value is -2.20. The van der Waals surface area contributed by atoms with E-state index in [0.717, 1.165) is 19.4 Å². The maximum Gasteiger partial charge on any atom is 0.310 e. The maximum absolute atomic E-state index is 10.9. The average molecular weight is 351 g/mol. The molecule has 128 valence electrons. The molecule has 3 rings (SSSR count). The normalized spacial score (nSPS) is 17.1. The summed E-state index contributed by atoms with van der Waals surface area (Å²) < 4.78 is 12.8. The summed E-state index contributed by atoms with van der Waals surface area (Å²) in [4.78, 5) is 10.5. The number of benzene rings is 1. The number of nitrogens with zero attached hydrogens (tertiary/aromatic N) is 5. The Morgan fingerprint density at radius 1 is 1.46 bits per heavy atom. The first-order chi connectivity index (χ1) is 11.7. The molecule has 0 spiro atoms. The van der Waals surface area contributed by atoms with E-state index < -0.39 is 4.92 Å². The molecular weight excluding hydrogens is 334 g/mol. The lowest BCUT2D eigenvalue weighted by Gasteiger charge is -2.10. The molecule has 1 aliphatic rings. The SMILES string of the molecule is O=[N+]([O-])c1ccccc1OCCSc1nnnn1C[C@@H]1CCCO1. The fourth-order valence-electron chi connectivity index (χ4n) is 2.41. The van der Waals surface area contributed by atoms with Crippen LogP contribution in [0.3, 0.4) is 0 Å². The van der Waals surface area contributed by atoms with Crippen LogP contribution < -0.4 is 4.74 Å². The molecule has 0 radical (unpaired) electrons. The number of thioether (sulfide) groups is 1. The third-order valence-corrected chi connectivity index (χ3v) is 4.46. The highest BCUT2D eigenvalue weighted by molar-refractivity contribution is 7.99. The van der Waals surface area contributed by atoms with Crippen LogP contribution in [0.25, 0.3) is 0 Å². The van der Waals surface area contributed by atoms with E-state index >= 15 is 0 Å². The van der Waals surface area contributed by atoms with Crippen molar-refractivity contribution in [2.24, 2.45) is 0 Å². The summed E-state index contributed by atoms with van der Waals surface area (Å²) in [6, 6.07) is 6.32. The summed E-state index contributed by atoms with van der Waals surface area (Å²) in [5.41, 5.74) is -0.0364. The molecule has 1 aliphatic heterocycles. The summed E-state index contributed by atoms with van der Waals surface area (Å²) in [6.45, 7) is 1.75. The molecule has 1 atom stereocenters. The van der Waals surface area contributed by atoms with Crippen LogP contribution in [-0.4, -0.2) is 50.2 Å². The molecule has 0 bridgehead atoms. The number of aromatic nitrogens is 4. The summed E-state index contributed by atoms with van der Waals surface area (Å²) in [6.07, 6.45) is 2.25. The maximum atomic E-state index is 10.9. The minimum Gasteiger partial charge on any atom is -0.486 e. The van der Waals surface area contributed by atoms with Gasteiger partial charge in [-0.25, -0.2) is 4.68 Å². The fraction of sp³-hybridized carbons (Fsp3) is 0.500. The van der Waals surface area contributed by atoms with Crippen LogP contribution in [0.4, 0.5) is 5.69 Å². The number of para-hydroxylation sites is 2. The van der Waals surface area contributed by atoms with E-state index in [9.17, 15) is 10.1 Å². The fourth-order valence-corrected chi connectivity index (χ4v) is 3.11. The second-order valence-corrected chi connectivity index (χ2v) is 6.26. The standard InChI is InChI=1S/C14H17N5O4S/c20-19(21)12-5-1-2-6-13(12)23-8-9-24-14-15-16-17-18(14)10-11-4-3-7-22-11/h1-2,5-6,11H,3-4,7-10H2/t11-/m0/s1. The van der Waals surface area contributed by atoms with Gasteiger partial charge in [0.25, 0.3) is 0 Å². The zero-order chi connectivity index (χ0) is 16.8. The van der Waals surface area contributed by atoms with Gasteiger partial charge in [0.05, 0.1) is 24.2 Å². The molecule has 0 amide bonds. The van der Waals surface area contributed by atoms with Gasteiger partial charge in [-0.2, -0.15) is 0 Å². The molecule has 2 aromatic rings. The average Bonchev–Trinajstić information content (AvgIpc) is 3.24. The Bertz CT molecular complexity index is 689. The van der Waals surface area contributed by atoms with E-state index in [4.69, 9.17) is 9.47 Å². The number of nitro groups is 1. The van der Waals surface area contributed by atoms with Gasteiger partial charge in [-0.1, -0.05) is 23.9 Å². The van der Waals surface area contributed by atoms with Gasteiger partial charge in [0.2, 0.25) is 5.16 Å². The Morgan fingerprint density at radius 2 is 2.33 bits per heavy atom. The zero-order valence-corrected chi connectivity index (χ0v) is 13.7. The Morgan fingerprint density at radius 3 is 3.12 bits per heavy atom. The van der Waals surface area contributed by atoms with Crippen molar-refractivity contribution in [1.82, 2.24) is 20.2 Å². The molecule has 24 heavy (non-hydrogen) atoms. The van der Waals surface area contributed by atoms with Gasteiger partial charge >= 0.3 is 5.69 Å². The van der Waals surface area contributed by atoms with E-state index in [2.05, 4.69) is 15.5 Å². The van der Waals surface area contributed by atoms with Crippen molar-refractivity contribution in [2.75, 3.05) is 19.0 Å². The number of nitro benzene ring substituents is 1. The van der Waals surface area contributed by atoms with Crippen molar-refractivity contribution in [1.29, 1.82) is 0 Å². The Balaban J connectivity index is 1.49. The van der Waals surface area contributed by atoms with Crippen LogP contribution in [0.1, 0.15) is 12.8 Å². The third kappa shape index (κ3) is 4.20. The highest BCUT2D eigenvalue weighted by Crippen LogP contribution is 2.26. The lowest BCUT2D eigenvalue weighted by molar-refractivity contribution is -0.385. The molecule has 0 saturated carbocycles. The van der Waals surface area contributed by atoms with Crippen molar-refractivity contribution < 1.29 is 14.4 Å². The van der Waals surface area contributed by atoms with Crippen LogP contribution in [0.15, 0.2) is 29.4 Å². The van der Waals surface area contributed by atoms with Gasteiger partial charge in [0.15, 0.2) is 5.75 Å². The number of rotatable bonds is 8. The monoisotopic (exact) mass is 351 g/mol. The van der Waals surface area contributed by atoms with E-state index in [-0.39, 0.29) is 17.5 Å². The second-order valence-electron chi connectivity index (χ2n) is 5.20. The second kappa shape index (κ2) is 8.06. The summed E-state index contributed by atoms with van der Waals surface area (Å²) in [5.74, 6) is 0.847. The molecule has 1 saturated heterocycles. The zero-order valence-electron chi connectivity index (χ0n) is 12.9. The molecule has 1 fully saturated rings. The lowest BCUT2D eigenvalue weighted by Crippen LogP contribution is -2.17. The molecule has 9 nitrogen and oxygen atoms in total. The lowest BCUT2D eigenvalue weighted by atomic mass is 10.2. The molecule has 2 heterocycles. The quantitative estimate of drug-likeness (QED) is 0.307. The predicted molar refractivity (Wildman–Crippen MR) is 86.1 cm³/mol. The summed E-state index contributed by atoms with van der Waals surface area (Å²) >= 11 is 1.45. The van der Waals surface area contributed by atoms with E-state index in [1.165, 1.54) is 17.8 Å². The molecule has 10 heteroatoms. The van der Waals surface area contributed by atoms with Gasteiger partial charge < -0.3 is 9.47 Å². The topological polar surface area (TPSA) is 105 Å². The molecule has 0 N–H and O–H groups in total. The van der Waals surface area contributed by atoms with Gasteiger partial charge in [-0.15, -0.1) is 5.10 Å². The highest BCUT2D eigenvalue weighted by Gasteiger charge is 2.19. The number of hydrogen-bond donors (Lipinski definition) is 0. The number of tetrazole rings is 1. The van der Waals surface area contributed by atoms with Crippen molar-refractivity contribution in [3.63, 3.8) is 0 Å². The molecule has 0 aliphatic carbocycles. The largest absolute Gasteiger partial charge is 0.486 e. The summed E-state index contributed by atoms with van der Waals surface area (Å²) in [5, 5.41) is 23.3. The van der Waals surface area contributed by atoms with Crippen LogP contribution >= 0.6 is 11.8 Å². The van der Waals surface area contributed by atoms with Gasteiger partial charge in [0, 0.05) is 18.4 Å². The van der Waals surface area contributed by atoms with Crippen molar-refractivity contribution >= 4 is 17.4 Å². The Labute approximate surface area is 142 Å². The van der Waals surface area contributed by atoms with Gasteiger partial charge in [-0.05, 0) is 29.3 Å². The van der Waals surface area contributed by atoms with Crippen LogP contribution in [-0.2, 0) is 11.3 Å². The smallest absolute Gasteiger partial charge is 0.310 e. The van der Waals surface area contributed by atoms with Crippen LogP contribution in [0.5, 0.6) is 5.75 Å². The molecular formula is C14H17N5O4S. The van der Waals surface area contributed by atoms with Crippen LogP contribution in [0, 0.1) is 10.1 Å². The van der Waals surface area contributed by atoms with Gasteiger partial charge in [-0.3, -0.25) is 10.1 Å². The molecule has 0 unspecified atom stereocenters. The highest BCUT2D eigenvalue weighted by atomic mass is 32.2. The molecule has 1 aromatic heterocycles. The minimum atomic E-state index is -0.454. The Kier molecular flexibility index (Phi) is 5.59. The molecule has 1 aromatic carbocycles. The first-order valence-electron chi connectivity index (χ1n) is 7.61. The van der Waals surface area contributed by atoms with Gasteiger partial charge in [0.1, 0.15) is 0 Å². The first-order valence-corrected chi connectivity index (χ1v) is 8.59. The first kappa shape index (κ1) is 16.7. The number of hydrogen-bond acceptors (Lipinski definition) is 8.